The van der Waals surface area contributed by atoms with Gasteiger partial charge in [-0.3, -0.25) is 4.79 Å². The Labute approximate surface area is 105 Å². The van der Waals surface area contributed by atoms with Crippen LogP contribution in [0.4, 0.5) is 4.79 Å². The topological polar surface area (TPSA) is 76.1 Å². The molecule has 1 rings (SSSR count). The zero-order chi connectivity index (χ0) is 13.5. The van der Waals surface area contributed by atoms with E-state index >= 15 is 0 Å². The highest BCUT2D eigenvalue weighted by molar-refractivity contribution is 5.76. The van der Waals surface area contributed by atoms with Crippen LogP contribution in [-0.2, 0) is 16.1 Å². The van der Waals surface area contributed by atoms with Gasteiger partial charge in [-0.15, -0.1) is 0 Å². The Kier molecular flexibility index (Phi) is 4.98. The highest BCUT2D eigenvalue weighted by Gasteiger charge is 2.13. The number of carbonyl (C=O) groups is 2. The molecular weight excluding hydrogens is 238 g/mol. The van der Waals surface area contributed by atoms with E-state index in [1.165, 1.54) is 7.05 Å². The largest absolute Gasteiger partial charge is 0.497 e. The Morgan fingerprint density at radius 3 is 2.72 bits per heavy atom. The van der Waals surface area contributed by atoms with E-state index in [0.717, 1.165) is 10.5 Å². The predicted octanol–water partition coefficient (Wildman–Crippen LogP) is 1.35. The summed E-state index contributed by atoms with van der Waals surface area (Å²) in [6.45, 7) is -0.322. The van der Waals surface area contributed by atoms with Crippen molar-refractivity contribution in [2.45, 2.75) is 6.61 Å². The lowest BCUT2D eigenvalue weighted by atomic mass is 10.2. The number of carbonyl (C=O) groups excluding carboxylic acids is 1. The standard InChI is InChI=1S/C12H15NO5/c1-13(7-11(14)15)12(16)18-8-9-4-3-5-10(6-9)17-2/h3-6H,7-8H2,1-2H3,(H,14,15). The van der Waals surface area contributed by atoms with E-state index in [1.54, 1.807) is 31.4 Å². The van der Waals surface area contributed by atoms with Gasteiger partial charge >= 0.3 is 12.1 Å². The van der Waals surface area contributed by atoms with Gasteiger partial charge in [0, 0.05) is 7.05 Å². The molecule has 18 heavy (non-hydrogen) atoms. The number of aliphatic carboxylic acids is 1. The zero-order valence-corrected chi connectivity index (χ0v) is 10.3. The summed E-state index contributed by atoms with van der Waals surface area (Å²) in [4.78, 5) is 22.8. The lowest BCUT2D eigenvalue weighted by molar-refractivity contribution is -0.137. The molecule has 0 aliphatic rings. The summed E-state index contributed by atoms with van der Waals surface area (Å²) in [5, 5.41) is 8.52. The van der Waals surface area contributed by atoms with Crippen molar-refractivity contribution in [3.05, 3.63) is 29.8 Å². The lowest BCUT2D eigenvalue weighted by Gasteiger charge is -2.14. The van der Waals surface area contributed by atoms with Crippen LogP contribution in [0.2, 0.25) is 0 Å². The molecule has 6 nitrogen and oxygen atoms in total. The Hall–Kier alpha value is -2.24. The molecule has 98 valence electrons. The third kappa shape index (κ3) is 4.32. The minimum Gasteiger partial charge on any atom is -0.497 e. The second-order valence-electron chi connectivity index (χ2n) is 3.66. The molecule has 0 saturated carbocycles. The molecule has 0 saturated heterocycles. The van der Waals surface area contributed by atoms with E-state index in [1.807, 2.05) is 0 Å². The van der Waals surface area contributed by atoms with Crippen LogP contribution in [0.15, 0.2) is 24.3 Å². The van der Waals surface area contributed by atoms with Gasteiger partial charge in [0.05, 0.1) is 7.11 Å². The number of methoxy groups -OCH3 is 1. The van der Waals surface area contributed by atoms with Gasteiger partial charge in [0.1, 0.15) is 18.9 Å². The average molecular weight is 253 g/mol. The number of benzene rings is 1. The molecule has 6 heteroatoms. The van der Waals surface area contributed by atoms with Crippen molar-refractivity contribution in [3.8, 4) is 5.75 Å². The first-order chi connectivity index (χ1) is 8.52. The maximum Gasteiger partial charge on any atom is 0.410 e. The number of amides is 1. The minimum absolute atomic E-state index is 0.0694. The van der Waals surface area contributed by atoms with Crippen LogP contribution in [-0.4, -0.2) is 42.8 Å². The highest BCUT2D eigenvalue weighted by Crippen LogP contribution is 2.13. The fraction of sp³-hybridized carbons (Fsp3) is 0.333. The molecule has 0 aromatic heterocycles. The molecule has 1 amide bonds. The van der Waals surface area contributed by atoms with Gasteiger partial charge in [-0.25, -0.2) is 4.79 Å². The first-order valence-corrected chi connectivity index (χ1v) is 5.25. The monoisotopic (exact) mass is 253 g/mol. The van der Waals surface area contributed by atoms with Crippen LogP contribution in [0.1, 0.15) is 5.56 Å². The number of hydrogen-bond donors (Lipinski definition) is 1. The molecule has 1 N–H and O–H groups in total. The summed E-state index contributed by atoms with van der Waals surface area (Å²) in [6, 6.07) is 7.09. The third-order valence-corrected chi connectivity index (χ3v) is 2.18. The molecule has 0 radical (unpaired) electrons. The summed E-state index contributed by atoms with van der Waals surface area (Å²) in [6.07, 6.45) is -0.680. The zero-order valence-electron chi connectivity index (χ0n) is 10.3. The summed E-state index contributed by atoms with van der Waals surface area (Å²) in [5.41, 5.74) is 0.770. The van der Waals surface area contributed by atoms with Crippen molar-refractivity contribution in [2.75, 3.05) is 20.7 Å². The van der Waals surface area contributed by atoms with Crippen LogP contribution in [0.3, 0.4) is 0 Å². The van der Waals surface area contributed by atoms with Crippen molar-refractivity contribution in [2.24, 2.45) is 0 Å². The number of carboxylic acid groups (broad SMARTS) is 1. The molecule has 0 unspecified atom stereocenters. The number of hydrogen-bond acceptors (Lipinski definition) is 4. The summed E-state index contributed by atoms with van der Waals surface area (Å²) in [5.74, 6) is -0.418. The highest BCUT2D eigenvalue weighted by atomic mass is 16.6. The Morgan fingerprint density at radius 1 is 1.39 bits per heavy atom. The summed E-state index contributed by atoms with van der Waals surface area (Å²) < 4.78 is 9.99. The Morgan fingerprint density at radius 2 is 2.11 bits per heavy atom. The van der Waals surface area contributed by atoms with E-state index in [2.05, 4.69) is 0 Å². The first-order valence-electron chi connectivity index (χ1n) is 5.25. The van der Waals surface area contributed by atoms with Gasteiger partial charge in [-0.1, -0.05) is 12.1 Å². The number of carboxylic acids is 1. The molecule has 0 aliphatic heterocycles. The van der Waals surface area contributed by atoms with Crippen molar-refractivity contribution < 1.29 is 24.2 Å². The molecule has 0 atom stereocenters. The van der Waals surface area contributed by atoms with Crippen molar-refractivity contribution >= 4 is 12.1 Å². The van der Waals surface area contributed by atoms with Gasteiger partial charge in [-0.05, 0) is 17.7 Å². The van der Waals surface area contributed by atoms with Crippen LogP contribution in [0.5, 0.6) is 5.75 Å². The third-order valence-electron chi connectivity index (χ3n) is 2.18. The Balaban J connectivity index is 2.49. The van der Waals surface area contributed by atoms with E-state index < -0.39 is 18.6 Å². The fourth-order valence-electron chi connectivity index (χ4n) is 1.28. The minimum atomic E-state index is -1.09. The fourth-order valence-corrected chi connectivity index (χ4v) is 1.28. The smallest absolute Gasteiger partial charge is 0.410 e. The maximum atomic E-state index is 11.4. The number of likely N-dealkylation sites (N-methyl/N-ethyl adjacent to an activating group) is 1. The molecule has 1 aromatic carbocycles. The number of ether oxygens (including phenoxy) is 2. The van der Waals surface area contributed by atoms with Crippen molar-refractivity contribution in [1.29, 1.82) is 0 Å². The van der Waals surface area contributed by atoms with Crippen molar-refractivity contribution in [1.82, 2.24) is 4.90 Å². The summed E-state index contributed by atoms with van der Waals surface area (Å²) >= 11 is 0. The van der Waals surface area contributed by atoms with Crippen LogP contribution >= 0.6 is 0 Å². The molecule has 0 heterocycles. The van der Waals surface area contributed by atoms with Crippen LogP contribution < -0.4 is 4.74 Å². The number of nitrogens with zero attached hydrogens (tertiary/aromatic N) is 1. The van der Waals surface area contributed by atoms with E-state index in [4.69, 9.17) is 14.6 Å². The van der Waals surface area contributed by atoms with Gasteiger partial charge in [-0.2, -0.15) is 0 Å². The normalized spacial score (nSPS) is 9.67. The van der Waals surface area contributed by atoms with Gasteiger partial charge in [0.2, 0.25) is 0 Å². The molecular formula is C12H15NO5. The SMILES string of the molecule is COc1cccc(COC(=O)N(C)CC(=O)O)c1. The second kappa shape index (κ2) is 6.48. The molecule has 1 aromatic rings. The first kappa shape index (κ1) is 13.8. The maximum absolute atomic E-state index is 11.4. The van der Waals surface area contributed by atoms with E-state index in [9.17, 15) is 9.59 Å². The van der Waals surface area contributed by atoms with E-state index in [-0.39, 0.29) is 6.61 Å². The van der Waals surface area contributed by atoms with Gasteiger partial charge in [0.15, 0.2) is 0 Å². The second-order valence-corrected chi connectivity index (χ2v) is 3.66. The van der Waals surface area contributed by atoms with Crippen LogP contribution in [0, 0.1) is 0 Å². The number of rotatable bonds is 5. The van der Waals surface area contributed by atoms with Crippen LogP contribution in [0.25, 0.3) is 0 Å². The van der Waals surface area contributed by atoms with Gasteiger partial charge in [0.25, 0.3) is 0 Å². The molecule has 0 spiro atoms. The van der Waals surface area contributed by atoms with Gasteiger partial charge < -0.3 is 19.5 Å². The molecule has 0 bridgehead atoms. The quantitative estimate of drug-likeness (QED) is 0.857. The summed E-state index contributed by atoms with van der Waals surface area (Å²) in [7, 11) is 2.91. The molecule has 0 fully saturated rings. The van der Waals surface area contributed by atoms with Crippen molar-refractivity contribution in [3.63, 3.8) is 0 Å². The van der Waals surface area contributed by atoms with E-state index in [0.29, 0.717) is 5.75 Å². The predicted molar refractivity (Wildman–Crippen MR) is 63.4 cm³/mol. The lowest BCUT2D eigenvalue weighted by Crippen LogP contribution is -2.32. The molecule has 0 aliphatic carbocycles. The Bertz CT molecular complexity index is 432. The average Bonchev–Trinajstić information content (AvgIpc) is 2.35.